The first-order valence-corrected chi connectivity index (χ1v) is 8.04. The molecule has 0 aromatic carbocycles. The summed E-state index contributed by atoms with van der Waals surface area (Å²) in [5.41, 5.74) is 5.87. The minimum absolute atomic E-state index is 0.295. The van der Waals surface area contributed by atoms with Gasteiger partial charge in [-0.2, -0.15) is 0 Å². The Kier molecular flexibility index (Phi) is 5.35. The average Bonchev–Trinajstić information content (AvgIpc) is 2.91. The number of nitrogens with two attached hydrogens (primary N) is 1. The Morgan fingerprint density at radius 3 is 2.80 bits per heavy atom. The molecule has 3 N–H and O–H groups in total. The second-order valence-electron chi connectivity index (χ2n) is 4.85. The van der Waals surface area contributed by atoms with E-state index in [1.807, 2.05) is 6.07 Å². The summed E-state index contributed by atoms with van der Waals surface area (Å²) in [4.78, 5) is 10.2. The summed E-state index contributed by atoms with van der Waals surface area (Å²) in [6, 6.07) is 6.36. The molecule has 0 saturated heterocycles. The molecule has 1 atom stereocenters. The van der Waals surface area contributed by atoms with Crippen molar-refractivity contribution >= 4 is 23.0 Å². The summed E-state index contributed by atoms with van der Waals surface area (Å²) < 4.78 is 0. The van der Waals surface area contributed by atoms with Crippen LogP contribution in [0.5, 0.6) is 0 Å². The van der Waals surface area contributed by atoms with Crippen molar-refractivity contribution in [2.24, 2.45) is 0 Å². The predicted molar refractivity (Wildman–Crippen MR) is 86.0 cm³/mol. The van der Waals surface area contributed by atoms with Gasteiger partial charge in [0.05, 0.1) is 6.04 Å². The first-order chi connectivity index (χ1) is 9.72. The van der Waals surface area contributed by atoms with Gasteiger partial charge in [-0.05, 0) is 24.3 Å². The second kappa shape index (κ2) is 7.24. The molecule has 0 amide bonds. The van der Waals surface area contributed by atoms with Gasteiger partial charge in [0.2, 0.25) is 0 Å². The fourth-order valence-electron chi connectivity index (χ4n) is 2.17. The molecule has 2 aromatic rings. The van der Waals surface area contributed by atoms with Crippen LogP contribution in [0.15, 0.2) is 23.6 Å². The highest BCUT2D eigenvalue weighted by Gasteiger charge is 2.13. The number of nitrogen functional groups attached to an aromatic ring is 1. The molecule has 4 nitrogen and oxygen atoms in total. The Morgan fingerprint density at radius 1 is 1.30 bits per heavy atom. The molecular weight excluding hydrogens is 268 g/mol. The molecule has 2 aromatic heterocycles. The van der Waals surface area contributed by atoms with Gasteiger partial charge in [0.1, 0.15) is 17.5 Å². The number of aryl methyl sites for hydroxylation is 1. The molecule has 0 aliphatic carbocycles. The summed E-state index contributed by atoms with van der Waals surface area (Å²) in [7, 11) is 0. The van der Waals surface area contributed by atoms with Crippen molar-refractivity contribution in [3.63, 3.8) is 0 Å². The van der Waals surface area contributed by atoms with E-state index >= 15 is 0 Å². The van der Waals surface area contributed by atoms with E-state index in [0.29, 0.717) is 11.9 Å². The molecule has 0 aliphatic heterocycles. The average molecular weight is 290 g/mol. The lowest BCUT2D eigenvalue weighted by molar-refractivity contribution is 0.682. The van der Waals surface area contributed by atoms with Gasteiger partial charge in [-0.3, -0.25) is 0 Å². The molecule has 0 aliphatic rings. The topological polar surface area (TPSA) is 63.8 Å². The van der Waals surface area contributed by atoms with E-state index < -0.39 is 0 Å². The van der Waals surface area contributed by atoms with Crippen LogP contribution < -0.4 is 11.1 Å². The first-order valence-electron chi connectivity index (χ1n) is 7.16. The van der Waals surface area contributed by atoms with E-state index in [0.717, 1.165) is 37.3 Å². The van der Waals surface area contributed by atoms with E-state index in [4.69, 9.17) is 5.73 Å². The van der Waals surface area contributed by atoms with E-state index in [1.165, 1.54) is 4.88 Å². The maximum atomic E-state index is 5.87. The summed E-state index contributed by atoms with van der Waals surface area (Å²) in [6.45, 7) is 4.31. The van der Waals surface area contributed by atoms with E-state index in [9.17, 15) is 0 Å². The Balaban J connectivity index is 2.17. The smallest absolute Gasteiger partial charge is 0.133 e. The quantitative estimate of drug-likeness (QED) is 0.808. The lowest BCUT2D eigenvalue weighted by atomic mass is 10.1. The van der Waals surface area contributed by atoms with Gasteiger partial charge < -0.3 is 11.1 Å². The number of nitrogens with one attached hydrogen (secondary N) is 1. The molecule has 1 unspecified atom stereocenters. The van der Waals surface area contributed by atoms with Gasteiger partial charge in [-0.25, -0.2) is 9.97 Å². The van der Waals surface area contributed by atoms with Crippen molar-refractivity contribution in [1.29, 1.82) is 0 Å². The molecule has 0 radical (unpaired) electrons. The zero-order valence-corrected chi connectivity index (χ0v) is 12.9. The standard InChI is InChI=1S/C15H22N4S/c1-3-6-11(12-8-5-9-20-12)17-15-10-13(16)18-14(19-15)7-4-2/h5,8-11H,3-4,6-7H2,1-2H3,(H3,16,17,18,19). The molecule has 0 saturated carbocycles. The Morgan fingerprint density at radius 2 is 2.15 bits per heavy atom. The van der Waals surface area contributed by atoms with Crippen molar-refractivity contribution in [2.75, 3.05) is 11.1 Å². The molecule has 0 fully saturated rings. The van der Waals surface area contributed by atoms with Crippen LogP contribution >= 0.6 is 11.3 Å². The van der Waals surface area contributed by atoms with Crippen molar-refractivity contribution < 1.29 is 0 Å². The van der Waals surface area contributed by atoms with Gasteiger partial charge in [0, 0.05) is 17.4 Å². The Bertz CT molecular complexity index is 525. The Hall–Kier alpha value is -1.62. The van der Waals surface area contributed by atoms with Crippen molar-refractivity contribution in [1.82, 2.24) is 9.97 Å². The van der Waals surface area contributed by atoms with Crippen LogP contribution in [0, 0.1) is 0 Å². The van der Waals surface area contributed by atoms with Gasteiger partial charge >= 0.3 is 0 Å². The summed E-state index contributed by atoms with van der Waals surface area (Å²) in [5, 5.41) is 5.61. The highest BCUT2D eigenvalue weighted by Crippen LogP contribution is 2.27. The van der Waals surface area contributed by atoms with E-state index in [1.54, 1.807) is 11.3 Å². The predicted octanol–water partition coefficient (Wildman–Crippen LogP) is 4.03. The van der Waals surface area contributed by atoms with Crippen LogP contribution in [0.2, 0.25) is 0 Å². The SMILES string of the molecule is CCCc1nc(N)cc(NC(CCC)c2cccs2)n1. The first kappa shape index (κ1) is 14.8. The molecule has 5 heteroatoms. The number of nitrogens with zero attached hydrogens (tertiary/aromatic N) is 2. The molecule has 2 heterocycles. The molecule has 108 valence electrons. The largest absolute Gasteiger partial charge is 0.384 e. The zero-order valence-electron chi connectivity index (χ0n) is 12.1. The highest BCUT2D eigenvalue weighted by molar-refractivity contribution is 7.10. The van der Waals surface area contributed by atoms with Crippen molar-refractivity contribution in [2.45, 2.75) is 45.6 Å². The number of anilines is 2. The fraction of sp³-hybridized carbons (Fsp3) is 0.467. The van der Waals surface area contributed by atoms with Crippen molar-refractivity contribution in [3.8, 4) is 0 Å². The third-order valence-electron chi connectivity index (χ3n) is 3.05. The maximum Gasteiger partial charge on any atom is 0.133 e. The summed E-state index contributed by atoms with van der Waals surface area (Å²) in [5.74, 6) is 2.18. The molecular formula is C15H22N4S. The lowest BCUT2D eigenvalue weighted by Gasteiger charge is -2.18. The van der Waals surface area contributed by atoms with Crippen LogP contribution in [-0.4, -0.2) is 9.97 Å². The zero-order chi connectivity index (χ0) is 14.4. The minimum Gasteiger partial charge on any atom is -0.384 e. The normalized spacial score (nSPS) is 12.3. The summed E-state index contributed by atoms with van der Waals surface area (Å²) in [6.07, 6.45) is 4.08. The molecule has 2 rings (SSSR count). The third kappa shape index (κ3) is 3.93. The minimum atomic E-state index is 0.295. The monoisotopic (exact) mass is 290 g/mol. The maximum absolute atomic E-state index is 5.87. The van der Waals surface area contributed by atoms with Gasteiger partial charge in [0.25, 0.3) is 0 Å². The van der Waals surface area contributed by atoms with Crippen LogP contribution in [0.1, 0.15) is 49.9 Å². The number of rotatable bonds is 7. The van der Waals surface area contributed by atoms with Crippen molar-refractivity contribution in [3.05, 3.63) is 34.3 Å². The van der Waals surface area contributed by atoms with E-state index in [2.05, 4.69) is 46.6 Å². The van der Waals surface area contributed by atoms with Crippen LogP contribution in [0.25, 0.3) is 0 Å². The number of thiophene rings is 1. The second-order valence-corrected chi connectivity index (χ2v) is 5.82. The number of aromatic nitrogens is 2. The fourth-order valence-corrected chi connectivity index (χ4v) is 2.98. The van der Waals surface area contributed by atoms with Gasteiger partial charge in [-0.15, -0.1) is 11.3 Å². The number of hydrogen-bond acceptors (Lipinski definition) is 5. The van der Waals surface area contributed by atoms with Crippen LogP contribution in [0.3, 0.4) is 0 Å². The van der Waals surface area contributed by atoms with E-state index in [-0.39, 0.29) is 0 Å². The molecule has 0 spiro atoms. The van der Waals surface area contributed by atoms with Gasteiger partial charge in [-0.1, -0.05) is 26.3 Å². The van der Waals surface area contributed by atoms with Crippen LogP contribution in [0.4, 0.5) is 11.6 Å². The molecule has 0 bridgehead atoms. The molecule has 20 heavy (non-hydrogen) atoms. The highest BCUT2D eigenvalue weighted by atomic mass is 32.1. The third-order valence-corrected chi connectivity index (χ3v) is 4.04. The lowest BCUT2D eigenvalue weighted by Crippen LogP contribution is -2.12. The van der Waals surface area contributed by atoms with Crippen LogP contribution in [-0.2, 0) is 6.42 Å². The number of hydrogen-bond donors (Lipinski definition) is 2. The summed E-state index contributed by atoms with van der Waals surface area (Å²) >= 11 is 1.77. The Labute approximate surface area is 124 Å². The van der Waals surface area contributed by atoms with Gasteiger partial charge in [0.15, 0.2) is 0 Å².